The van der Waals surface area contributed by atoms with Gasteiger partial charge in [0.25, 0.3) is 0 Å². The molecule has 2 aromatic heterocycles. The maximum absolute atomic E-state index is 12.7. The van der Waals surface area contributed by atoms with Crippen LogP contribution < -0.4 is 0 Å². The molecular weight excluding hydrogens is 325 g/mol. The Balaban J connectivity index is 1.70. The van der Waals surface area contributed by atoms with Gasteiger partial charge in [-0.25, -0.2) is 9.67 Å². The predicted octanol–water partition coefficient (Wildman–Crippen LogP) is 1.99. The lowest BCUT2D eigenvalue weighted by atomic mass is 9.94. The highest BCUT2D eigenvalue weighted by molar-refractivity contribution is 5.80. The Kier molecular flexibility index (Phi) is 4.29. The van der Waals surface area contributed by atoms with E-state index in [1.54, 1.807) is 11.8 Å². The highest BCUT2D eigenvalue weighted by atomic mass is 19.4. The van der Waals surface area contributed by atoms with Crippen LogP contribution in [0.5, 0.6) is 0 Å². The number of aromatic nitrogens is 5. The van der Waals surface area contributed by atoms with E-state index in [1.165, 1.54) is 17.3 Å². The van der Waals surface area contributed by atoms with Crippen molar-refractivity contribution in [2.45, 2.75) is 37.9 Å². The van der Waals surface area contributed by atoms with Crippen molar-refractivity contribution in [1.82, 2.24) is 29.9 Å². The lowest BCUT2D eigenvalue weighted by Gasteiger charge is -2.33. The second kappa shape index (κ2) is 6.25. The zero-order valence-corrected chi connectivity index (χ0v) is 13.0. The van der Waals surface area contributed by atoms with E-state index in [2.05, 4.69) is 20.3 Å². The largest absolute Gasteiger partial charge is 0.435 e. The van der Waals surface area contributed by atoms with Crippen LogP contribution in [0.3, 0.4) is 0 Å². The van der Waals surface area contributed by atoms with Gasteiger partial charge in [0.05, 0.1) is 0 Å². The molecule has 10 heteroatoms. The molecule has 0 bridgehead atoms. The number of nitrogens with one attached hydrogen (secondary N) is 1. The Hall–Kier alpha value is -2.39. The molecule has 0 saturated carbocycles. The van der Waals surface area contributed by atoms with Gasteiger partial charge in [-0.15, -0.1) is 0 Å². The van der Waals surface area contributed by atoms with Crippen molar-refractivity contribution in [3.05, 3.63) is 30.1 Å². The van der Waals surface area contributed by atoms with Crippen LogP contribution in [0, 0.1) is 0 Å². The van der Waals surface area contributed by atoms with Crippen LogP contribution in [0.25, 0.3) is 0 Å². The highest BCUT2D eigenvalue weighted by Gasteiger charge is 2.36. The molecule has 1 fully saturated rings. The second-order valence-electron chi connectivity index (χ2n) is 5.88. The quantitative estimate of drug-likeness (QED) is 0.925. The van der Waals surface area contributed by atoms with Crippen LogP contribution in [-0.2, 0) is 11.0 Å². The van der Waals surface area contributed by atoms with Gasteiger partial charge in [-0.3, -0.25) is 9.89 Å². The number of hydrogen-bond donors (Lipinski definition) is 1. The van der Waals surface area contributed by atoms with Crippen LogP contribution in [0.2, 0.25) is 0 Å². The van der Waals surface area contributed by atoms with Crippen molar-refractivity contribution in [2.75, 3.05) is 13.1 Å². The molecule has 0 aliphatic carbocycles. The van der Waals surface area contributed by atoms with Crippen molar-refractivity contribution in [2.24, 2.45) is 0 Å². The molecule has 130 valence electrons. The van der Waals surface area contributed by atoms with Crippen molar-refractivity contribution in [1.29, 1.82) is 0 Å². The molecule has 1 amide bonds. The van der Waals surface area contributed by atoms with Crippen LogP contribution in [-0.4, -0.2) is 48.9 Å². The van der Waals surface area contributed by atoms with E-state index in [0.717, 1.165) is 12.5 Å². The fraction of sp³-hybridized carbons (Fsp3) is 0.571. The Morgan fingerprint density at radius 3 is 2.88 bits per heavy atom. The Morgan fingerprint density at radius 1 is 1.46 bits per heavy atom. The topological polar surface area (TPSA) is 79.7 Å². The zero-order chi connectivity index (χ0) is 17.3. The number of rotatable bonds is 3. The summed E-state index contributed by atoms with van der Waals surface area (Å²) in [6.07, 6.45) is -0.219. The zero-order valence-electron chi connectivity index (χ0n) is 13.0. The van der Waals surface area contributed by atoms with Gasteiger partial charge in [0, 0.05) is 24.7 Å². The number of alkyl halides is 3. The van der Waals surface area contributed by atoms with Gasteiger partial charge in [0.15, 0.2) is 5.69 Å². The summed E-state index contributed by atoms with van der Waals surface area (Å²) in [6.45, 7) is 2.66. The summed E-state index contributed by atoms with van der Waals surface area (Å²) in [5, 5.41) is 9.75. The van der Waals surface area contributed by atoms with E-state index in [9.17, 15) is 18.0 Å². The van der Waals surface area contributed by atoms with Gasteiger partial charge in [-0.05, 0) is 25.8 Å². The summed E-state index contributed by atoms with van der Waals surface area (Å²) in [4.78, 5) is 18.1. The van der Waals surface area contributed by atoms with Gasteiger partial charge >= 0.3 is 6.18 Å². The third kappa shape index (κ3) is 3.26. The maximum Gasteiger partial charge on any atom is 0.435 e. The summed E-state index contributed by atoms with van der Waals surface area (Å²) in [5.41, 5.74) is -0.523. The van der Waals surface area contributed by atoms with Gasteiger partial charge in [0.2, 0.25) is 5.91 Å². The number of aromatic amines is 1. The molecule has 1 aliphatic rings. The van der Waals surface area contributed by atoms with Crippen molar-refractivity contribution in [3.63, 3.8) is 0 Å². The third-order valence-corrected chi connectivity index (χ3v) is 4.25. The number of piperidine rings is 1. The first kappa shape index (κ1) is 16.5. The minimum absolute atomic E-state index is 0.124. The fourth-order valence-electron chi connectivity index (χ4n) is 2.92. The summed E-state index contributed by atoms with van der Waals surface area (Å²) in [5.74, 6) is -0.310. The molecule has 1 aliphatic heterocycles. The third-order valence-electron chi connectivity index (χ3n) is 4.25. The Morgan fingerprint density at radius 2 is 2.25 bits per heavy atom. The van der Waals surface area contributed by atoms with Crippen LogP contribution in [0.15, 0.2) is 18.7 Å². The number of amides is 1. The minimum Gasteiger partial charge on any atom is -0.340 e. The molecule has 0 radical (unpaired) electrons. The number of carbonyl (C=O) groups excluding carboxylic acids is 1. The van der Waals surface area contributed by atoms with Crippen LogP contribution in [0.4, 0.5) is 13.2 Å². The summed E-state index contributed by atoms with van der Waals surface area (Å²) >= 11 is 0. The van der Waals surface area contributed by atoms with E-state index in [0.29, 0.717) is 25.2 Å². The van der Waals surface area contributed by atoms with E-state index in [-0.39, 0.29) is 11.8 Å². The van der Waals surface area contributed by atoms with Crippen molar-refractivity contribution in [3.8, 4) is 0 Å². The van der Waals surface area contributed by atoms with Gasteiger partial charge in [-0.2, -0.15) is 23.4 Å². The SMILES string of the molecule is C[C@@H](C(=O)N1CCC[C@H](c2cc(C(F)(F)F)n[nH]2)C1)n1cncn1. The predicted molar refractivity (Wildman–Crippen MR) is 76.9 cm³/mol. The number of H-pyrrole nitrogens is 1. The van der Waals surface area contributed by atoms with Crippen LogP contribution in [0.1, 0.15) is 43.1 Å². The normalized spacial score (nSPS) is 20.2. The first-order valence-electron chi connectivity index (χ1n) is 7.61. The van der Waals surface area contributed by atoms with E-state index in [4.69, 9.17) is 0 Å². The van der Waals surface area contributed by atoms with Crippen LogP contribution >= 0.6 is 0 Å². The molecule has 2 atom stereocenters. The molecule has 0 aromatic carbocycles. The first-order chi connectivity index (χ1) is 11.4. The molecular formula is C14H17F3N6O. The Bertz CT molecular complexity index is 696. The standard InChI is InChI=1S/C14H17F3N6O/c1-9(23-8-18-7-19-23)13(24)22-4-2-3-10(6-22)11-5-12(21-20-11)14(15,16)17/h5,7-10H,2-4,6H2,1H3,(H,20,21)/t9-,10-/m0/s1. The maximum atomic E-state index is 12.7. The molecule has 0 unspecified atom stereocenters. The summed E-state index contributed by atoms with van der Waals surface area (Å²) in [7, 11) is 0. The van der Waals surface area contributed by atoms with Crippen molar-refractivity contribution < 1.29 is 18.0 Å². The smallest absolute Gasteiger partial charge is 0.340 e. The number of carbonyl (C=O) groups is 1. The van der Waals surface area contributed by atoms with Crippen molar-refractivity contribution >= 4 is 5.91 Å². The highest BCUT2D eigenvalue weighted by Crippen LogP contribution is 2.32. The molecule has 3 rings (SSSR count). The number of likely N-dealkylation sites (tertiary alicyclic amines) is 1. The van der Waals surface area contributed by atoms with Gasteiger partial charge in [0.1, 0.15) is 18.7 Å². The number of hydrogen-bond acceptors (Lipinski definition) is 4. The second-order valence-corrected chi connectivity index (χ2v) is 5.88. The fourth-order valence-corrected chi connectivity index (χ4v) is 2.92. The Labute approximate surface area is 135 Å². The lowest BCUT2D eigenvalue weighted by Crippen LogP contribution is -2.42. The molecule has 1 saturated heterocycles. The number of nitrogens with zero attached hydrogens (tertiary/aromatic N) is 5. The molecule has 24 heavy (non-hydrogen) atoms. The molecule has 2 aromatic rings. The monoisotopic (exact) mass is 342 g/mol. The summed E-state index contributed by atoms with van der Waals surface area (Å²) in [6, 6.07) is 0.526. The van der Waals surface area contributed by atoms with E-state index < -0.39 is 17.9 Å². The lowest BCUT2D eigenvalue weighted by molar-refractivity contribution is -0.141. The molecule has 0 spiro atoms. The average Bonchev–Trinajstić information content (AvgIpc) is 3.24. The van der Waals surface area contributed by atoms with E-state index in [1.807, 2.05) is 0 Å². The molecule has 3 heterocycles. The molecule has 7 nitrogen and oxygen atoms in total. The summed E-state index contributed by atoms with van der Waals surface area (Å²) < 4.78 is 39.5. The van der Waals surface area contributed by atoms with E-state index >= 15 is 0 Å². The minimum atomic E-state index is -4.47. The van der Waals surface area contributed by atoms with Gasteiger partial charge in [-0.1, -0.05) is 0 Å². The first-order valence-corrected chi connectivity index (χ1v) is 7.61. The average molecular weight is 342 g/mol. The van der Waals surface area contributed by atoms with Gasteiger partial charge < -0.3 is 4.90 Å². The number of halogens is 3. The molecule has 1 N–H and O–H groups in total.